The number of Topliss-reactive ketones (excluding diaryl/α,β-unsaturated/α-hetero) is 1. The van der Waals surface area contributed by atoms with Crippen molar-refractivity contribution in [3.8, 4) is 0 Å². The molecule has 2 aliphatic carbocycles. The molecule has 2 rings (SSSR count). The van der Waals surface area contributed by atoms with Gasteiger partial charge in [0, 0.05) is 12.3 Å². The number of carbonyl (C=O) groups excluding carboxylic acids is 1. The smallest absolute Gasteiger partial charge is 0.136 e. The van der Waals surface area contributed by atoms with Gasteiger partial charge in [-0.25, -0.2) is 0 Å². The van der Waals surface area contributed by atoms with Crippen molar-refractivity contribution in [3.05, 3.63) is 0 Å². The Morgan fingerprint density at radius 1 is 1.26 bits per heavy atom. The van der Waals surface area contributed by atoms with Crippen LogP contribution in [0.2, 0.25) is 0 Å². The van der Waals surface area contributed by atoms with Gasteiger partial charge in [-0.2, -0.15) is 0 Å². The molecule has 0 aromatic heterocycles. The van der Waals surface area contributed by atoms with Gasteiger partial charge in [-0.15, -0.1) is 0 Å². The Morgan fingerprint density at radius 3 is 2.74 bits per heavy atom. The Labute approximate surface area is 118 Å². The molecule has 0 heterocycles. The van der Waals surface area contributed by atoms with Gasteiger partial charge in [0.05, 0.1) is 5.60 Å². The molecule has 110 valence electrons. The molecule has 0 amide bonds. The maximum absolute atomic E-state index is 11.8. The first kappa shape index (κ1) is 15.0. The minimum atomic E-state index is -0.461. The number of hydrogen-bond donors (Lipinski definition) is 1. The normalized spacial score (nSPS) is 38.5. The molecule has 4 atom stereocenters. The monoisotopic (exact) mass is 266 g/mol. The molecule has 2 aliphatic rings. The fourth-order valence-electron chi connectivity index (χ4n) is 4.26. The summed E-state index contributed by atoms with van der Waals surface area (Å²) in [5.74, 6) is 1.71. The van der Waals surface area contributed by atoms with Crippen molar-refractivity contribution in [2.24, 2.45) is 17.8 Å². The molecule has 2 heteroatoms. The molecule has 0 aliphatic heterocycles. The molecule has 1 N–H and O–H groups in total. The van der Waals surface area contributed by atoms with Crippen LogP contribution in [0.25, 0.3) is 0 Å². The second-order valence-electron chi connectivity index (χ2n) is 7.01. The summed E-state index contributed by atoms with van der Waals surface area (Å²) in [6.07, 6.45) is 10.8. The van der Waals surface area contributed by atoms with Crippen LogP contribution in [0, 0.1) is 17.8 Å². The lowest BCUT2D eigenvalue weighted by Gasteiger charge is -2.39. The van der Waals surface area contributed by atoms with Crippen molar-refractivity contribution < 1.29 is 9.90 Å². The molecule has 0 spiro atoms. The van der Waals surface area contributed by atoms with Crippen LogP contribution in [-0.2, 0) is 4.79 Å². The number of rotatable bonds is 6. The van der Waals surface area contributed by atoms with Gasteiger partial charge in [0.2, 0.25) is 0 Å². The van der Waals surface area contributed by atoms with Crippen LogP contribution in [-0.4, -0.2) is 16.5 Å². The van der Waals surface area contributed by atoms with Gasteiger partial charge in [-0.3, -0.25) is 4.79 Å². The van der Waals surface area contributed by atoms with Crippen LogP contribution in [0.1, 0.15) is 78.1 Å². The van der Waals surface area contributed by atoms with Crippen LogP contribution in [0.3, 0.4) is 0 Å². The summed E-state index contributed by atoms with van der Waals surface area (Å²) < 4.78 is 0. The maximum atomic E-state index is 11.8. The molecule has 0 aromatic carbocycles. The van der Waals surface area contributed by atoms with Crippen molar-refractivity contribution in [2.45, 2.75) is 83.7 Å². The Balaban J connectivity index is 1.77. The van der Waals surface area contributed by atoms with E-state index < -0.39 is 5.60 Å². The van der Waals surface area contributed by atoms with E-state index in [1.165, 1.54) is 25.7 Å². The third kappa shape index (κ3) is 3.59. The maximum Gasteiger partial charge on any atom is 0.136 e. The summed E-state index contributed by atoms with van der Waals surface area (Å²) >= 11 is 0. The predicted molar refractivity (Wildman–Crippen MR) is 77.9 cm³/mol. The Morgan fingerprint density at radius 2 is 2.00 bits per heavy atom. The SMILES string of the molecule is CCCCCCC[C@@]1(O)CC[C@H]2[C@@H](CC(=O)[C@@H]2C)C1. The summed E-state index contributed by atoms with van der Waals surface area (Å²) in [6.45, 7) is 4.31. The van der Waals surface area contributed by atoms with Crippen molar-refractivity contribution in [1.29, 1.82) is 0 Å². The molecular formula is C17H30O2. The average molecular weight is 266 g/mol. The molecular weight excluding hydrogens is 236 g/mol. The molecule has 0 unspecified atom stereocenters. The van der Waals surface area contributed by atoms with Crippen molar-refractivity contribution >= 4 is 5.78 Å². The largest absolute Gasteiger partial charge is 0.390 e. The lowest BCUT2D eigenvalue weighted by atomic mass is 9.70. The molecule has 2 fully saturated rings. The first-order valence-corrected chi connectivity index (χ1v) is 8.31. The van der Waals surface area contributed by atoms with Gasteiger partial charge in [0.15, 0.2) is 0 Å². The van der Waals surface area contributed by atoms with E-state index >= 15 is 0 Å². The first-order chi connectivity index (χ1) is 9.06. The number of fused-ring (bicyclic) bond motifs is 1. The van der Waals surface area contributed by atoms with Crippen LogP contribution in [0.15, 0.2) is 0 Å². The second kappa shape index (κ2) is 6.39. The van der Waals surface area contributed by atoms with E-state index in [1.54, 1.807) is 0 Å². The number of unbranched alkanes of at least 4 members (excludes halogenated alkanes) is 4. The third-order valence-corrected chi connectivity index (χ3v) is 5.55. The van der Waals surface area contributed by atoms with Crippen LogP contribution in [0.5, 0.6) is 0 Å². The van der Waals surface area contributed by atoms with Crippen LogP contribution in [0.4, 0.5) is 0 Å². The van der Waals surface area contributed by atoms with Crippen LogP contribution < -0.4 is 0 Å². The third-order valence-electron chi connectivity index (χ3n) is 5.55. The average Bonchev–Trinajstić information content (AvgIpc) is 2.64. The van der Waals surface area contributed by atoms with Crippen LogP contribution >= 0.6 is 0 Å². The standard InChI is InChI=1S/C17H30O2/c1-3-4-5-6-7-9-17(19)10-8-15-13(2)16(18)11-14(15)12-17/h13-15,19H,3-12H2,1-2H3/t13-,14+,15-,17-/m1/s1. The highest BCUT2D eigenvalue weighted by atomic mass is 16.3. The zero-order chi connectivity index (χ0) is 13.9. The van der Waals surface area contributed by atoms with Crippen molar-refractivity contribution in [3.63, 3.8) is 0 Å². The summed E-state index contributed by atoms with van der Waals surface area (Å²) in [4.78, 5) is 11.8. The number of aliphatic hydroxyl groups is 1. The topological polar surface area (TPSA) is 37.3 Å². The van der Waals surface area contributed by atoms with Gasteiger partial charge < -0.3 is 5.11 Å². The minimum Gasteiger partial charge on any atom is -0.390 e. The summed E-state index contributed by atoms with van der Waals surface area (Å²) in [5.41, 5.74) is -0.461. The van der Waals surface area contributed by atoms with E-state index in [4.69, 9.17) is 0 Å². The second-order valence-corrected chi connectivity index (χ2v) is 7.01. The van der Waals surface area contributed by atoms with E-state index in [1.807, 2.05) is 0 Å². The zero-order valence-electron chi connectivity index (χ0n) is 12.7. The van der Waals surface area contributed by atoms with E-state index in [0.29, 0.717) is 17.6 Å². The van der Waals surface area contributed by atoms with E-state index in [2.05, 4.69) is 13.8 Å². The highest BCUT2D eigenvalue weighted by Gasteiger charge is 2.47. The molecule has 19 heavy (non-hydrogen) atoms. The first-order valence-electron chi connectivity index (χ1n) is 8.31. The van der Waals surface area contributed by atoms with Crippen molar-refractivity contribution in [1.82, 2.24) is 0 Å². The van der Waals surface area contributed by atoms with Gasteiger partial charge >= 0.3 is 0 Å². The predicted octanol–water partition coefficient (Wildman–Crippen LogP) is 4.10. The van der Waals surface area contributed by atoms with Gasteiger partial charge in [-0.1, -0.05) is 46.0 Å². The molecule has 0 radical (unpaired) electrons. The summed E-state index contributed by atoms with van der Waals surface area (Å²) in [7, 11) is 0. The molecule has 0 aromatic rings. The summed E-state index contributed by atoms with van der Waals surface area (Å²) in [6, 6.07) is 0. The number of ketones is 1. The molecule has 2 nitrogen and oxygen atoms in total. The highest BCUT2D eigenvalue weighted by Crippen LogP contribution is 2.48. The quantitative estimate of drug-likeness (QED) is 0.735. The lowest BCUT2D eigenvalue weighted by Crippen LogP contribution is -2.38. The highest BCUT2D eigenvalue weighted by molar-refractivity contribution is 5.83. The van der Waals surface area contributed by atoms with E-state index in [-0.39, 0.29) is 5.92 Å². The molecule has 2 saturated carbocycles. The van der Waals surface area contributed by atoms with Gasteiger partial charge in [0.25, 0.3) is 0 Å². The fourth-order valence-corrected chi connectivity index (χ4v) is 4.26. The zero-order valence-corrected chi connectivity index (χ0v) is 12.7. The molecule has 0 saturated heterocycles. The Hall–Kier alpha value is -0.370. The molecule has 0 bridgehead atoms. The number of carbonyl (C=O) groups is 1. The van der Waals surface area contributed by atoms with Gasteiger partial charge in [0.1, 0.15) is 5.78 Å². The minimum absolute atomic E-state index is 0.249. The Bertz CT molecular complexity index is 312. The summed E-state index contributed by atoms with van der Waals surface area (Å²) in [5, 5.41) is 10.7. The van der Waals surface area contributed by atoms with Gasteiger partial charge in [-0.05, 0) is 37.5 Å². The number of hydrogen-bond acceptors (Lipinski definition) is 2. The fraction of sp³-hybridized carbons (Fsp3) is 0.941. The lowest BCUT2D eigenvalue weighted by molar-refractivity contribution is -0.120. The van der Waals surface area contributed by atoms with E-state index in [0.717, 1.165) is 38.5 Å². The van der Waals surface area contributed by atoms with Crippen molar-refractivity contribution in [2.75, 3.05) is 0 Å². The van der Waals surface area contributed by atoms with E-state index in [9.17, 15) is 9.90 Å². The Kier molecular flexibility index (Phi) is 5.05.